The van der Waals surface area contributed by atoms with E-state index in [9.17, 15) is 14.9 Å². The van der Waals surface area contributed by atoms with Crippen molar-refractivity contribution in [2.75, 3.05) is 39.2 Å². The zero-order valence-corrected chi connectivity index (χ0v) is 16.7. The second kappa shape index (κ2) is 8.32. The fourth-order valence-electron chi connectivity index (χ4n) is 2.72. The van der Waals surface area contributed by atoms with Crippen LogP contribution in [0.15, 0.2) is 42.5 Å². The van der Waals surface area contributed by atoms with E-state index >= 15 is 0 Å². The highest BCUT2D eigenvalue weighted by Gasteiger charge is 2.27. The van der Waals surface area contributed by atoms with Gasteiger partial charge in [0.05, 0.1) is 49.4 Å². The molecule has 1 amide bonds. The zero-order chi connectivity index (χ0) is 20.3. The Morgan fingerprint density at radius 1 is 1.29 bits per heavy atom. The van der Waals surface area contributed by atoms with Gasteiger partial charge >= 0.3 is 0 Å². The number of carbonyl (C=O) groups excluding carboxylic acids is 1. The molecule has 0 saturated heterocycles. The highest BCUT2D eigenvalue weighted by atomic mass is 32.1. The molecule has 0 aliphatic heterocycles. The Labute approximate surface area is 166 Å². The number of nitro groups is 1. The summed E-state index contributed by atoms with van der Waals surface area (Å²) in [7, 11) is 5.55. The molecule has 0 aliphatic carbocycles. The van der Waals surface area contributed by atoms with Crippen molar-refractivity contribution >= 4 is 38.3 Å². The lowest BCUT2D eigenvalue weighted by atomic mass is 10.1. The number of rotatable bonds is 7. The van der Waals surface area contributed by atoms with Crippen LogP contribution in [0.3, 0.4) is 0 Å². The first-order valence-corrected chi connectivity index (χ1v) is 9.51. The number of hydrogen-bond donors (Lipinski definition) is 1. The van der Waals surface area contributed by atoms with Crippen LogP contribution < -0.4 is 14.5 Å². The summed E-state index contributed by atoms with van der Waals surface area (Å²) in [6.45, 7) is 1.07. The van der Waals surface area contributed by atoms with Gasteiger partial charge in [-0.2, -0.15) is 0 Å². The Bertz CT molecular complexity index is 1020. The summed E-state index contributed by atoms with van der Waals surface area (Å²) in [5, 5.41) is 11.9. The Balaban J connectivity index is 2.04. The van der Waals surface area contributed by atoms with Crippen LogP contribution in [0.1, 0.15) is 10.4 Å². The van der Waals surface area contributed by atoms with Gasteiger partial charge < -0.3 is 9.64 Å². The molecule has 8 nitrogen and oxygen atoms in total. The molecule has 0 spiro atoms. The second-order valence-electron chi connectivity index (χ2n) is 6.52. The third-order valence-corrected chi connectivity index (χ3v) is 5.29. The molecule has 0 fully saturated rings. The third-order valence-electron chi connectivity index (χ3n) is 4.23. The Kier molecular flexibility index (Phi) is 5.86. The van der Waals surface area contributed by atoms with Crippen LogP contribution in [-0.4, -0.2) is 50.1 Å². The van der Waals surface area contributed by atoms with Gasteiger partial charge in [0.25, 0.3) is 11.6 Å². The smallest absolute Gasteiger partial charge is 0.282 e. The molecule has 0 bridgehead atoms. The molecule has 146 valence electrons. The molecule has 1 aromatic heterocycles. The minimum Gasteiger partial charge on any atom is -0.497 e. The maximum absolute atomic E-state index is 13.2. The van der Waals surface area contributed by atoms with Gasteiger partial charge in [0.1, 0.15) is 11.3 Å². The van der Waals surface area contributed by atoms with Crippen LogP contribution in [-0.2, 0) is 0 Å². The molecule has 0 saturated carbocycles. The molecule has 28 heavy (non-hydrogen) atoms. The van der Waals surface area contributed by atoms with E-state index in [4.69, 9.17) is 4.74 Å². The standard InChI is InChI=1S/C19H20N4O4S/c1-21(2)10-11-22(18(24)14-6-4-5-7-16(14)23(25)26)19-20-15-12-13(27-3)8-9-17(15)28-19/h4-9,12H,10-11H2,1-3H3/p+1. The second-order valence-corrected chi connectivity index (χ2v) is 7.53. The van der Waals surface area contributed by atoms with Crippen molar-refractivity contribution in [3.63, 3.8) is 0 Å². The van der Waals surface area contributed by atoms with Gasteiger partial charge in [0.15, 0.2) is 5.13 Å². The van der Waals surface area contributed by atoms with E-state index in [1.54, 1.807) is 25.3 Å². The summed E-state index contributed by atoms with van der Waals surface area (Å²) in [6, 6.07) is 11.5. The van der Waals surface area contributed by atoms with Crippen molar-refractivity contribution in [3.05, 3.63) is 58.1 Å². The van der Waals surface area contributed by atoms with Gasteiger partial charge in [-0.15, -0.1) is 0 Å². The van der Waals surface area contributed by atoms with Crippen LogP contribution in [0, 0.1) is 10.1 Å². The Morgan fingerprint density at radius 2 is 2.04 bits per heavy atom. The number of aromatic nitrogens is 1. The number of fused-ring (bicyclic) bond motifs is 1. The van der Waals surface area contributed by atoms with E-state index in [-0.39, 0.29) is 11.3 Å². The van der Waals surface area contributed by atoms with Crippen molar-refractivity contribution in [2.45, 2.75) is 0 Å². The van der Waals surface area contributed by atoms with Gasteiger partial charge in [-0.1, -0.05) is 23.5 Å². The molecule has 0 aliphatic rings. The van der Waals surface area contributed by atoms with Crippen LogP contribution in [0.5, 0.6) is 5.75 Å². The predicted molar refractivity (Wildman–Crippen MR) is 109 cm³/mol. The molecule has 3 rings (SSSR count). The number of hydrogen-bond acceptors (Lipinski definition) is 6. The first-order chi connectivity index (χ1) is 13.4. The van der Waals surface area contributed by atoms with Gasteiger partial charge in [-0.3, -0.25) is 19.8 Å². The first kappa shape index (κ1) is 19.7. The van der Waals surface area contributed by atoms with E-state index in [0.29, 0.717) is 24.0 Å². The fourth-order valence-corrected chi connectivity index (χ4v) is 3.69. The van der Waals surface area contributed by atoms with E-state index in [1.165, 1.54) is 28.4 Å². The monoisotopic (exact) mass is 401 g/mol. The van der Waals surface area contributed by atoms with Crippen molar-refractivity contribution in [3.8, 4) is 5.75 Å². The fraction of sp³-hybridized carbons (Fsp3) is 0.263. The summed E-state index contributed by atoms with van der Waals surface area (Å²) in [4.78, 5) is 31.3. The Morgan fingerprint density at radius 3 is 2.71 bits per heavy atom. The minimum atomic E-state index is -0.536. The molecule has 3 aromatic rings. The average Bonchev–Trinajstić information content (AvgIpc) is 3.10. The lowest BCUT2D eigenvalue weighted by molar-refractivity contribution is -0.856. The predicted octanol–water partition coefficient (Wildman–Crippen LogP) is 2.00. The van der Waals surface area contributed by atoms with Crippen LogP contribution >= 0.6 is 11.3 Å². The molecule has 0 atom stereocenters. The summed E-state index contributed by atoms with van der Waals surface area (Å²) in [6.07, 6.45) is 0. The summed E-state index contributed by atoms with van der Waals surface area (Å²) in [5.41, 5.74) is 0.562. The quantitative estimate of drug-likeness (QED) is 0.483. The number of quaternary nitrogens is 1. The number of ether oxygens (including phenoxy) is 1. The van der Waals surface area contributed by atoms with Crippen LogP contribution in [0.2, 0.25) is 0 Å². The molecule has 0 radical (unpaired) electrons. The number of benzene rings is 2. The number of amides is 1. The van der Waals surface area contributed by atoms with E-state index in [2.05, 4.69) is 4.98 Å². The molecule has 0 unspecified atom stereocenters. The summed E-state index contributed by atoms with van der Waals surface area (Å²) in [5.74, 6) is 0.248. The van der Waals surface area contributed by atoms with E-state index < -0.39 is 10.8 Å². The number of para-hydroxylation sites is 1. The number of nitro benzene ring substituents is 1. The summed E-state index contributed by atoms with van der Waals surface area (Å²) >= 11 is 1.37. The van der Waals surface area contributed by atoms with Crippen molar-refractivity contribution in [2.24, 2.45) is 0 Å². The molecular formula is C19H21N4O4S+. The number of nitrogens with zero attached hydrogens (tertiary/aromatic N) is 3. The highest BCUT2D eigenvalue weighted by molar-refractivity contribution is 7.22. The van der Waals surface area contributed by atoms with E-state index in [1.807, 2.05) is 26.2 Å². The molecule has 1 N–H and O–H groups in total. The van der Waals surface area contributed by atoms with Crippen LogP contribution in [0.4, 0.5) is 10.8 Å². The zero-order valence-electron chi connectivity index (χ0n) is 15.8. The number of nitrogens with one attached hydrogen (secondary N) is 1. The highest BCUT2D eigenvalue weighted by Crippen LogP contribution is 2.32. The van der Waals surface area contributed by atoms with Gasteiger partial charge in [-0.05, 0) is 18.2 Å². The SMILES string of the molecule is COc1ccc2sc(N(CC[NH+](C)C)C(=O)c3ccccc3[N+](=O)[O-])nc2c1. The van der Waals surface area contributed by atoms with Gasteiger partial charge in [0, 0.05) is 12.1 Å². The van der Waals surface area contributed by atoms with Gasteiger partial charge in [-0.25, -0.2) is 4.98 Å². The van der Waals surface area contributed by atoms with Crippen LogP contribution in [0.25, 0.3) is 10.2 Å². The largest absolute Gasteiger partial charge is 0.497 e. The normalized spacial score (nSPS) is 11.0. The summed E-state index contributed by atoms with van der Waals surface area (Å²) < 4.78 is 6.15. The van der Waals surface area contributed by atoms with Gasteiger partial charge in [0.2, 0.25) is 0 Å². The first-order valence-electron chi connectivity index (χ1n) is 8.69. The molecule has 9 heteroatoms. The maximum Gasteiger partial charge on any atom is 0.282 e. The number of carbonyl (C=O) groups is 1. The Hall–Kier alpha value is -3.04. The minimum absolute atomic E-state index is 0.0538. The number of methoxy groups -OCH3 is 1. The maximum atomic E-state index is 13.2. The molecular weight excluding hydrogens is 380 g/mol. The third kappa shape index (κ3) is 4.10. The van der Waals surface area contributed by atoms with Crippen molar-refractivity contribution in [1.29, 1.82) is 0 Å². The lowest BCUT2D eigenvalue weighted by Gasteiger charge is -2.20. The topological polar surface area (TPSA) is 90.0 Å². The number of thiazole rings is 1. The van der Waals surface area contributed by atoms with Crippen molar-refractivity contribution in [1.82, 2.24) is 4.98 Å². The average molecular weight is 401 g/mol. The van der Waals surface area contributed by atoms with Crippen molar-refractivity contribution < 1.29 is 19.4 Å². The number of likely N-dealkylation sites (N-methyl/N-ethyl adjacent to an activating group) is 1. The molecule has 2 aromatic carbocycles. The number of anilines is 1. The molecule has 1 heterocycles. The lowest BCUT2D eigenvalue weighted by Crippen LogP contribution is -3.06. The van der Waals surface area contributed by atoms with E-state index in [0.717, 1.165) is 15.1 Å².